The molecule has 2 N–H and O–H groups in total. The number of piperazine rings is 1. The minimum atomic E-state index is -0.354. The van der Waals surface area contributed by atoms with Crippen molar-refractivity contribution in [3.63, 3.8) is 0 Å². The molecule has 0 bridgehead atoms. The van der Waals surface area contributed by atoms with Gasteiger partial charge in [0.1, 0.15) is 0 Å². The topological polar surface area (TPSA) is 70.7 Å². The van der Waals surface area contributed by atoms with E-state index in [1.165, 1.54) is 6.42 Å². The summed E-state index contributed by atoms with van der Waals surface area (Å²) >= 11 is 0. The van der Waals surface area contributed by atoms with E-state index >= 15 is 0 Å². The van der Waals surface area contributed by atoms with Crippen molar-refractivity contribution in [3.05, 3.63) is 0 Å². The van der Waals surface area contributed by atoms with Gasteiger partial charge < -0.3 is 15.4 Å². The molecule has 2 fully saturated rings. The predicted octanol–water partition coefficient (Wildman–Crippen LogP) is 0.908. The van der Waals surface area contributed by atoms with Crippen LogP contribution in [-0.2, 0) is 14.3 Å². The van der Waals surface area contributed by atoms with Gasteiger partial charge >= 0.3 is 0 Å². The summed E-state index contributed by atoms with van der Waals surface area (Å²) in [5, 5.41) is 5.90. The van der Waals surface area contributed by atoms with Crippen LogP contribution in [0.25, 0.3) is 0 Å². The van der Waals surface area contributed by atoms with Crippen molar-refractivity contribution in [2.45, 2.75) is 58.5 Å². The van der Waals surface area contributed by atoms with Gasteiger partial charge in [-0.05, 0) is 33.6 Å². The van der Waals surface area contributed by atoms with Crippen LogP contribution in [0.5, 0.6) is 0 Å². The van der Waals surface area contributed by atoms with Crippen molar-refractivity contribution in [1.82, 2.24) is 15.5 Å². The third-order valence-corrected chi connectivity index (χ3v) is 5.10. The van der Waals surface area contributed by atoms with Gasteiger partial charge in [-0.25, -0.2) is 0 Å². The van der Waals surface area contributed by atoms with E-state index in [-0.39, 0.29) is 35.7 Å². The molecule has 6 heteroatoms. The first-order valence-electron chi connectivity index (χ1n) is 8.85. The standard InChI is InChI=1S/C17H31N3O3/c1-4-23-12-17(6-5-7-17)11-19-15(21)10-14-16(22)18-8-9-20(14)13(2)3/h13-14H,4-12H2,1-3H3,(H,18,22)(H,19,21)/t14-/m1/s1. The van der Waals surface area contributed by atoms with Gasteiger partial charge in [0.2, 0.25) is 11.8 Å². The highest BCUT2D eigenvalue weighted by atomic mass is 16.5. The van der Waals surface area contributed by atoms with Crippen LogP contribution in [0.3, 0.4) is 0 Å². The van der Waals surface area contributed by atoms with Gasteiger partial charge in [-0.15, -0.1) is 0 Å². The van der Waals surface area contributed by atoms with E-state index in [1.54, 1.807) is 0 Å². The molecule has 0 spiro atoms. The van der Waals surface area contributed by atoms with E-state index < -0.39 is 0 Å². The third-order valence-electron chi connectivity index (χ3n) is 5.10. The van der Waals surface area contributed by atoms with E-state index in [0.29, 0.717) is 26.3 Å². The lowest BCUT2D eigenvalue weighted by atomic mass is 9.69. The fraction of sp³-hybridized carbons (Fsp3) is 0.882. The van der Waals surface area contributed by atoms with E-state index in [4.69, 9.17) is 4.74 Å². The largest absolute Gasteiger partial charge is 0.381 e. The summed E-state index contributed by atoms with van der Waals surface area (Å²) in [5.41, 5.74) is 0.109. The molecule has 23 heavy (non-hydrogen) atoms. The van der Waals surface area contributed by atoms with Crippen LogP contribution in [0.2, 0.25) is 0 Å². The summed E-state index contributed by atoms with van der Waals surface area (Å²) in [6, 6.07) is -0.0947. The summed E-state index contributed by atoms with van der Waals surface area (Å²) in [5.74, 6) is -0.0757. The number of ether oxygens (including phenoxy) is 1. The highest BCUT2D eigenvalue weighted by Gasteiger charge is 2.38. The first kappa shape index (κ1) is 18.2. The predicted molar refractivity (Wildman–Crippen MR) is 89.0 cm³/mol. The van der Waals surface area contributed by atoms with Crippen LogP contribution in [0.4, 0.5) is 0 Å². The number of hydrogen-bond acceptors (Lipinski definition) is 4. The highest BCUT2D eigenvalue weighted by molar-refractivity contribution is 5.88. The van der Waals surface area contributed by atoms with Gasteiger partial charge in [-0.1, -0.05) is 6.42 Å². The monoisotopic (exact) mass is 325 g/mol. The van der Waals surface area contributed by atoms with Crippen LogP contribution in [0.1, 0.15) is 46.5 Å². The van der Waals surface area contributed by atoms with Crippen LogP contribution >= 0.6 is 0 Å². The van der Waals surface area contributed by atoms with Crippen molar-refractivity contribution in [2.24, 2.45) is 5.41 Å². The molecule has 1 saturated carbocycles. The lowest BCUT2D eigenvalue weighted by Crippen LogP contribution is -2.58. The molecule has 1 heterocycles. The Balaban J connectivity index is 1.84. The first-order chi connectivity index (χ1) is 11.0. The number of nitrogens with zero attached hydrogens (tertiary/aromatic N) is 1. The van der Waals surface area contributed by atoms with Crippen molar-refractivity contribution in [2.75, 3.05) is 32.8 Å². The molecule has 0 radical (unpaired) electrons. The van der Waals surface area contributed by atoms with Gasteiger partial charge in [0.05, 0.1) is 19.1 Å². The maximum Gasteiger partial charge on any atom is 0.237 e. The second-order valence-electron chi connectivity index (χ2n) is 7.11. The Morgan fingerprint density at radius 3 is 2.78 bits per heavy atom. The first-order valence-corrected chi connectivity index (χ1v) is 8.85. The Labute approximate surface area is 139 Å². The minimum Gasteiger partial charge on any atom is -0.381 e. The zero-order valence-corrected chi connectivity index (χ0v) is 14.7. The Morgan fingerprint density at radius 2 is 2.22 bits per heavy atom. The van der Waals surface area contributed by atoms with Crippen LogP contribution in [0, 0.1) is 5.41 Å². The lowest BCUT2D eigenvalue weighted by molar-refractivity contribution is -0.135. The molecule has 1 atom stereocenters. The smallest absolute Gasteiger partial charge is 0.237 e. The molecule has 2 amide bonds. The van der Waals surface area contributed by atoms with Crippen LogP contribution in [0.15, 0.2) is 0 Å². The van der Waals surface area contributed by atoms with Gasteiger partial charge in [0.15, 0.2) is 0 Å². The molecule has 1 saturated heterocycles. The van der Waals surface area contributed by atoms with E-state index in [1.807, 2.05) is 6.92 Å². The average molecular weight is 325 g/mol. The Hall–Kier alpha value is -1.14. The number of carbonyl (C=O) groups excluding carboxylic acids is 2. The highest BCUT2D eigenvalue weighted by Crippen LogP contribution is 2.40. The minimum absolute atomic E-state index is 0.0345. The molecule has 6 nitrogen and oxygen atoms in total. The second-order valence-corrected chi connectivity index (χ2v) is 7.11. The number of hydrogen-bond donors (Lipinski definition) is 2. The SMILES string of the molecule is CCOCC1(CNC(=O)C[C@@H]2C(=O)NCCN2C(C)C)CCC1. The summed E-state index contributed by atoms with van der Waals surface area (Å²) in [4.78, 5) is 26.5. The molecule has 2 aliphatic rings. The molecule has 0 aromatic carbocycles. The molecule has 0 aromatic heterocycles. The molecule has 0 unspecified atom stereocenters. The Morgan fingerprint density at radius 1 is 1.48 bits per heavy atom. The number of amides is 2. The van der Waals surface area contributed by atoms with Gasteiger partial charge in [-0.2, -0.15) is 0 Å². The quantitative estimate of drug-likeness (QED) is 0.696. The average Bonchev–Trinajstić information content (AvgIpc) is 2.47. The second kappa shape index (κ2) is 8.11. The normalized spacial score (nSPS) is 24.2. The summed E-state index contributed by atoms with van der Waals surface area (Å²) < 4.78 is 5.56. The maximum atomic E-state index is 12.3. The molecular formula is C17H31N3O3. The molecule has 1 aliphatic carbocycles. The van der Waals surface area contributed by atoms with Crippen molar-refractivity contribution < 1.29 is 14.3 Å². The molecule has 132 valence electrons. The molecule has 1 aliphatic heterocycles. The zero-order chi connectivity index (χ0) is 16.9. The molecular weight excluding hydrogens is 294 g/mol. The zero-order valence-electron chi connectivity index (χ0n) is 14.7. The molecule has 2 rings (SSSR count). The van der Waals surface area contributed by atoms with E-state index in [0.717, 1.165) is 19.4 Å². The Bertz CT molecular complexity index is 421. The van der Waals surface area contributed by atoms with E-state index in [9.17, 15) is 9.59 Å². The third kappa shape index (κ3) is 4.67. The van der Waals surface area contributed by atoms with E-state index in [2.05, 4.69) is 29.4 Å². The summed E-state index contributed by atoms with van der Waals surface area (Å²) in [7, 11) is 0. The van der Waals surface area contributed by atoms with Gasteiger partial charge in [-0.3, -0.25) is 14.5 Å². The van der Waals surface area contributed by atoms with Crippen LogP contribution in [-0.4, -0.2) is 61.6 Å². The maximum absolute atomic E-state index is 12.3. The van der Waals surface area contributed by atoms with Crippen molar-refractivity contribution in [3.8, 4) is 0 Å². The number of rotatable bonds is 8. The fourth-order valence-corrected chi connectivity index (χ4v) is 3.46. The number of nitrogens with one attached hydrogen (secondary N) is 2. The van der Waals surface area contributed by atoms with Crippen molar-refractivity contribution >= 4 is 11.8 Å². The van der Waals surface area contributed by atoms with Gasteiger partial charge in [0, 0.05) is 37.7 Å². The van der Waals surface area contributed by atoms with Gasteiger partial charge in [0.25, 0.3) is 0 Å². The summed E-state index contributed by atoms with van der Waals surface area (Å²) in [6.07, 6.45) is 3.65. The lowest BCUT2D eigenvalue weighted by Gasteiger charge is -2.42. The Kier molecular flexibility index (Phi) is 6.41. The summed E-state index contributed by atoms with van der Waals surface area (Å²) in [6.45, 7) is 9.66. The number of carbonyl (C=O) groups is 2. The van der Waals surface area contributed by atoms with Crippen LogP contribution < -0.4 is 10.6 Å². The van der Waals surface area contributed by atoms with Crippen molar-refractivity contribution in [1.29, 1.82) is 0 Å². The molecule has 0 aromatic rings. The fourth-order valence-electron chi connectivity index (χ4n) is 3.46.